The van der Waals surface area contributed by atoms with Crippen LogP contribution in [0.5, 0.6) is 0 Å². The molecular formula is C19H32N2. The Morgan fingerprint density at radius 3 is 2.38 bits per heavy atom. The highest BCUT2D eigenvalue weighted by Gasteiger charge is 2.20. The molecule has 0 radical (unpaired) electrons. The summed E-state index contributed by atoms with van der Waals surface area (Å²) in [6.45, 7) is 10.7. The van der Waals surface area contributed by atoms with Gasteiger partial charge in [-0.15, -0.1) is 0 Å². The van der Waals surface area contributed by atoms with Crippen LogP contribution in [0.15, 0.2) is 30.3 Å². The lowest BCUT2D eigenvalue weighted by Gasteiger charge is -2.34. The topological polar surface area (TPSA) is 15.3 Å². The van der Waals surface area contributed by atoms with Gasteiger partial charge in [-0.1, -0.05) is 44.2 Å². The van der Waals surface area contributed by atoms with Crippen molar-refractivity contribution in [3.8, 4) is 0 Å². The third kappa shape index (κ3) is 6.19. The lowest BCUT2D eigenvalue weighted by molar-refractivity contribution is 0.191. The van der Waals surface area contributed by atoms with E-state index in [0.717, 1.165) is 12.0 Å². The maximum absolute atomic E-state index is 3.82. The highest BCUT2D eigenvalue weighted by molar-refractivity contribution is 5.14. The van der Waals surface area contributed by atoms with Crippen molar-refractivity contribution in [3.63, 3.8) is 0 Å². The molecule has 1 aliphatic heterocycles. The molecule has 1 N–H and O–H groups in total. The van der Waals surface area contributed by atoms with Crippen molar-refractivity contribution in [3.05, 3.63) is 35.9 Å². The molecule has 2 heteroatoms. The molecule has 1 aliphatic rings. The summed E-state index contributed by atoms with van der Waals surface area (Å²) in [6.07, 6.45) is 5.07. The van der Waals surface area contributed by atoms with Crippen LogP contribution in [-0.4, -0.2) is 36.6 Å². The number of benzene rings is 1. The molecule has 1 aromatic carbocycles. The van der Waals surface area contributed by atoms with Gasteiger partial charge in [0.2, 0.25) is 0 Å². The van der Waals surface area contributed by atoms with Gasteiger partial charge < -0.3 is 10.2 Å². The van der Waals surface area contributed by atoms with E-state index in [9.17, 15) is 0 Å². The fourth-order valence-electron chi connectivity index (χ4n) is 3.43. The van der Waals surface area contributed by atoms with E-state index in [1.165, 1.54) is 50.9 Å². The highest BCUT2D eigenvalue weighted by atomic mass is 15.1. The monoisotopic (exact) mass is 288 g/mol. The summed E-state index contributed by atoms with van der Waals surface area (Å²) in [5.74, 6) is 0.790. The number of rotatable bonds is 7. The van der Waals surface area contributed by atoms with E-state index in [1.54, 1.807) is 0 Å². The van der Waals surface area contributed by atoms with Crippen molar-refractivity contribution in [2.75, 3.05) is 19.6 Å². The molecule has 1 aromatic rings. The fraction of sp³-hybridized carbons (Fsp3) is 0.684. The minimum Gasteiger partial charge on any atom is -0.311 e. The Labute approximate surface area is 130 Å². The van der Waals surface area contributed by atoms with Crippen molar-refractivity contribution in [2.24, 2.45) is 5.92 Å². The summed E-state index contributed by atoms with van der Waals surface area (Å²) >= 11 is 0. The first kappa shape index (κ1) is 16.5. The molecule has 0 spiro atoms. The van der Waals surface area contributed by atoms with Crippen molar-refractivity contribution in [1.82, 2.24) is 10.2 Å². The summed E-state index contributed by atoms with van der Waals surface area (Å²) in [7, 11) is 0. The largest absolute Gasteiger partial charge is 0.311 e. The zero-order chi connectivity index (χ0) is 15.1. The summed E-state index contributed by atoms with van der Waals surface area (Å²) in [4.78, 5) is 2.62. The van der Waals surface area contributed by atoms with Crippen LogP contribution in [0, 0.1) is 5.92 Å². The van der Waals surface area contributed by atoms with Crippen molar-refractivity contribution in [2.45, 2.75) is 58.5 Å². The minimum atomic E-state index is 0.658. The van der Waals surface area contributed by atoms with E-state index in [1.807, 2.05) is 0 Å². The molecule has 2 nitrogen and oxygen atoms in total. The second-order valence-electron chi connectivity index (χ2n) is 7.05. The van der Waals surface area contributed by atoms with Gasteiger partial charge >= 0.3 is 0 Å². The number of nitrogens with one attached hydrogen (secondary N) is 1. The average molecular weight is 288 g/mol. The van der Waals surface area contributed by atoms with Crippen LogP contribution >= 0.6 is 0 Å². The summed E-state index contributed by atoms with van der Waals surface area (Å²) in [5.41, 5.74) is 1.46. The molecule has 0 amide bonds. The Morgan fingerprint density at radius 2 is 1.76 bits per heavy atom. The van der Waals surface area contributed by atoms with E-state index in [2.05, 4.69) is 61.3 Å². The van der Waals surface area contributed by atoms with Crippen LogP contribution in [0.2, 0.25) is 0 Å². The standard InChI is InChI=1S/C19H32N2/c1-16(2)15-17(3)20-19-10-13-21(14-11-19)12-9-18-7-5-4-6-8-18/h4-8,16-17,19-20H,9-15H2,1-3H3. The molecule has 21 heavy (non-hydrogen) atoms. The molecule has 2 rings (SSSR count). The highest BCUT2D eigenvalue weighted by Crippen LogP contribution is 2.14. The maximum Gasteiger partial charge on any atom is 0.00938 e. The maximum atomic E-state index is 3.82. The SMILES string of the molecule is CC(C)CC(C)NC1CCN(CCc2ccccc2)CC1. The van der Waals surface area contributed by atoms with Crippen LogP contribution in [0.1, 0.15) is 45.6 Å². The van der Waals surface area contributed by atoms with Gasteiger partial charge in [-0.25, -0.2) is 0 Å². The first-order valence-corrected chi connectivity index (χ1v) is 8.66. The zero-order valence-electron chi connectivity index (χ0n) is 14.0. The Morgan fingerprint density at radius 1 is 1.10 bits per heavy atom. The number of piperidine rings is 1. The van der Waals surface area contributed by atoms with Gasteiger partial charge in [-0.05, 0) is 57.2 Å². The normalized spacial score (nSPS) is 19.0. The van der Waals surface area contributed by atoms with E-state index >= 15 is 0 Å². The van der Waals surface area contributed by atoms with Crippen LogP contribution in [-0.2, 0) is 6.42 Å². The molecule has 1 atom stereocenters. The van der Waals surface area contributed by atoms with E-state index < -0.39 is 0 Å². The second kappa shape index (κ2) is 8.55. The van der Waals surface area contributed by atoms with Crippen molar-refractivity contribution < 1.29 is 0 Å². The van der Waals surface area contributed by atoms with Gasteiger partial charge in [0.1, 0.15) is 0 Å². The lowest BCUT2D eigenvalue weighted by atomic mass is 10.00. The summed E-state index contributed by atoms with van der Waals surface area (Å²) in [6, 6.07) is 12.2. The Bertz CT molecular complexity index is 380. The number of hydrogen-bond donors (Lipinski definition) is 1. The summed E-state index contributed by atoms with van der Waals surface area (Å²) in [5, 5.41) is 3.82. The molecule has 0 saturated carbocycles. The Kier molecular flexibility index (Phi) is 6.72. The molecule has 0 aromatic heterocycles. The van der Waals surface area contributed by atoms with E-state index in [-0.39, 0.29) is 0 Å². The van der Waals surface area contributed by atoms with Gasteiger partial charge in [-0.2, -0.15) is 0 Å². The molecular weight excluding hydrogens is 256 g/mol. The van der Waals surface area contributed by atoms with Gasteiger partial charge in [0, 0.05) is 18.6 Å². The second-order valence-corrected chi connectivity index (χ2v) is 7.05. The fourth-order valence-corrected chi connectivity index (χ4v) is 3.43. The molecule has 1 fully saturated rings. The van der Waals surface area contributed by atoms with Crippen LogP contribution < -0.4 is 5.32 Å². The number of likely N-dealkylation sites (tertiary alicyclic amines) is 1. The molecule has 1 unspecified atom stereocenters. The lowest BCUT2D eigenvalue weighted by Crippen LogP contribution is -2.46. The van der Waals surface area contributed by atoms with E-state index in [0.29, 0.717) is 6.04 Å². The minimum absolute atomic E-state index is 0.658. The zero-order valence-corrected chi connectivity index (χ0v) is 14.0. The predicted molar refractivity (Wildman–Crippen MR) is 91.7 cm³/mol. The first-order valence-electron chi connectivity index (χ1n) is 8.66. The van der Waals surface area contributed by atoms with Gasteiger partial charge in [0.15, 0.2) is 0 Å². The molecule has 118 valence electrons. The third-order valence-electron chi connectivity index (χ3n) is 4.49. The van der Waals surface area contributed by atoms with Crippen molar-refractivity contribution >= 4 is 0 Å². The van der Waals surface area contributed by atoms with Crippen LogP contribution in [0.3, 0.4) is 0 Å². The smallest absolute Gasteiger partial charge is 0.00938 e. The molecule has 1 saturated heterocycles. The number of hydrogen-bond acceptors (Lipinski definition) is 2. The Balaban J connectivity index is 1.64. The molecule has 1 heterocycles. The van der Waals surface area contributed by atoms with Gasteiger partial charge in [0.05, 0.1) is 0 Å². The van der Waals surface area contributed by atoms with Gasteiger partial charge in [-0.3, -0.25) is 0 Å². The molecule has 0 aliphatic carbocycles. The number of nitrogens with zero attached hydrogens (tertiary/aromatic N) is 1. The van der Waals surface area contributed by atoms with Crippen LogP contribution in [0.4, 0.5) is 0 Å². The van der Waals surface area contributed by atoms with Crippen LogP contribution in [0.25, 0.3) is 0 Å². The first-order chi connectivity index (χ1) is 10.1. The quantitative estimate of drug-likeness (QED) is 0.822. The van der Waals surface area contributed by atoms with Gasteiger partial charge in [0.25, 0.3) is 0 Å². The Hall–Kier alpha value is -0.860. The summed E-state index contributed by atoms with van der Waals surface area (Å²) < 4.78 is 0. The van der Waals surface area contributed by atoms with E-state index in [4.69, 9.17) is 0 Å². The molecule has 0 bridgehead atoms. The van der Waals surface area contributed by atoms with Crippen molar-refractivity contribution in [1.29, 1.82) is 0 Å². The third-order valence-corrected chi connectivity index (χ3v) is 4.49. The predicted octanol–water partition coefficient (Wildman–Crippen LogP) is 3.72. The average Bonchev–Trinajstić information content (AvgIpc) is 2.47.